The molecule has 0 radical (unpaired) electrons. The zero-order valence-corrected chi connectivity index (χ0v) is 25.2. The Morgan fingerprint density at radius 2 is 1.13 bits per heavy atom. The Morgan fingerprint density at radius 1 is 0.806 bits per heavy atom. The van der Waals surface area contributed by atoms with Crippen molar-refractivity contribution < 1.29 is 9.59 Å². The third kappa shape index (κ3) is 34.9. The van der Waals surface area contributed by atoms with Gasteiger partial charge in [-0.25, -0.2) is 0 Å². The van der Waals surface area contributed by atoms with E-state index in [0.717, 1.165) is 0 Å². The van der Waals surface area contributed by atoms with Crippen molar-refractivity contribution in [2.24, 2.45) is 10.7 Å². The van der Waals surface area contributed by atoms with Crippen LogP contribution in [-0.2, 0) is 9.59 Å². The summed E-state index contributed by atoms with van der Waals surface area (Å²) in [6, 6.07) is 1.45. The summed E-state index contributed by atoms with van der Waals surface area (Å²) >= 11 is 0. The molecule has 0 aliphatic heterocycles. The molecule has 0 aromatic rings. The fourth-order valence-electron chi connectivity index (χ4n) is 1.24. The number of hydrogen-bond donors (Lipinski definition) is 3. The number of nitrogens with one attached hydrogen (secondary N) is 2. The third-order valence-electron chi connectivity index (χ3n) is 2.07. The molecule has 8 nitrogen and oxygen atoms in total. The van der Waals surface area contributed by atoms with E-state index in [1.807, 2.05) is 47.6 Å². The van der Waals surface area contributed by atoms with Crippen LogP contribution in [0.3, 0.4) is 0 Å². The highest BCUT2D eigenvalue weighted by atomic mass is 35.5. The molecule has 0 saturated carbocycles. The predicted octanol–water partition coefficient (Wildman–Crippen LogP) is 3.18. The summed E-state index contributed by atoms with van der Waals surface area (Å²) in [5.74, 6) is -0.803. The van der Waals surface area contributed by atoms with Crippen LogP contribution in [0.2, 0.25) is 0 Å². The number of rotatable bonds is 3. The van der Waals surface area contributed by atoms with Crippen LogP contribution < -0.4 is 16.4 Å². The lowest BCUT2D eigenvalue weighted by molar-refractivity contribution is -0.123. The summed E-state index contributed by atoms with van der Waals surface area (Å²) in [5.41, 5.74) is 4.48. The first-order chi connectivity index (χ1) is 11.1. The van der Waals surface area contributed by atoms with Gasteiger partial charge in [0, 0.05) is 16.3 Å². The molecule has 16 heteroatoms. The molecule has 0 saturated heterocycles. The number of halogens is 6. The van der Waals surface area contributed by atoms with E-state index in [9.17, 15) is 9.59 Å². The molecule has 0 fully saturated rings. The second-order valence-corrected chi connectivity index (χ2v) is 9.02. The highest BCUT2D eigenvalue weighted by Gasteiger charge is 2.21. The average molecular weight is 605 g/mol. The summed E-state index contributed by atoms with van der Waals surface area (Å²) in [7, 11) is 4.62. The van der Waals surface area contributed by atoms with Gasteiger partial charge in [0.1, 0.15) is 0 Å². The molecule has 0 rings (SSSR count). The molecule has 4 N–H and O–H groups in total. The van der Waals surface area contributed by atoms with E-state index in [1.165, 1.54) is 0 Å². The van der Waals surface area contributed by atoms with Crippen LogP contribution in [0.25, 0.3) is 0 Å². The number of hydrogen-bond acceptors (Lipinski definition) is 6. The van der Waals surface area contributed by atoms with E-state index in [0.29, 0.717) is 5.19 Å². The summed E-state index contributed by atoms with van der Waals surface area (Å²) in [5, 5.41) is 22.8. The molecular formula is C15H34Cl6N6O2P2. The molecule has 0 aromatic heterocycles. The molecule has 0 aliphatic carbocycles. The van der Waals surface area contributed by atoms with Crippen LogP contribution in [0.1, 0.15) is 41.5 Å². The van der Waals surface area contributed by atoms with Crippen molar-refractivity contribution in [3.63, 3.8) is 0 Å². The van der Waals surface area contributed by atoms with Gasteiger partial charge in [-0.3, -0.25) is 14.6 Å². The minimum Gasteiger partial charge on any atom is -0.349 e. The molecule has 4 atom stereocenters. The topological polar surface area (TPSA) is 144 Å². The SMILES string of the molecule is CC(C)(C)NC(=O)C(C#N)N=C(P)P.CC(C)(C)NC(=O)C(N)C#N.Cl.Cl.Cl.Cl.Cl.Cl. The van der Waals surface area contributed by atoms with Gasteiger partial charge in [0.05, 0.1) is 12.1 Å². The zero-order valence-electron chi connectivity index (χ0n) is 18.0. The maximum absolute atomic E-state index is 11.5. The molecule has 0 spiro atoms. The first-order valence-corrected chi connectivity index (χ1v) is 8.56. The monoisotopic (exact) mass is 602 g/mol. The Morgan fingerprint density at radius 3 is 1.35 bits per heavy atom. The van der Waals surface area contributed by atoms with Crippen LogP contribution in [0.4, 0.5) is 0 Å². The molecule has 188 valence electrons. The second kappa shape index (κ2) is 24.8. The second-order valence-electron chi connectivity index (χ2n) is 7.17. The van der Waals surface area contributed by atoms with Gasteiger partial charge in [-0.15, -0.1) is 74.4 Å². The standard InChI is InChI=1S/C8H15N3OP2.C7H13N3O.6ClH/c1-8(2,3)11-6(12)5(4-9)10-7(13)14;1-7(2,3)10-6(11)5(9)4-8;;;;;;/h5H,13-14H2,1-3H3,(H,11,12);5H,9H2,1-3H3,(H,10,11);6*1H. The number of nitriles is 2. The zero-order chi connectivity index (χ0) is 20.4. The fraction of sp³-hybridized carbons (Fsp3) is 0.667. The summed E-state index contributed by atoms with van der Waals surface area (Å²) < 4.78 is 0. The van der Waals surface area contributed by atoms with E-state index < -0.39 is 18.0 Å². The van der Waals surface area contributed by atoms with Crippen LogP contribution in [-0.4, -0.2) is 40.2 Å². The molecule has 31 heavy (non-hydrogen) atoms. The Bertz CT molecular complexity index is 597. The van der Waals surface area contributed by atoms with Crippen molar-refractivity contribution in [1.29, 1.82) is 10.5 Å². The first-order valence-electron chi connectivity index (χ1n) is 7.40. The lowest BCUT2D eigenvalue weighted by Gasteiger charge is -2.21. The maximum atomic E-state index is 11.5. The van der Waals surface area contributed by atoms with Gasteiger partial charge in [0.15, 0.2) is 6.04 Å². The number of nitrogens with two attached hydrogens (primary N) is 1. The molecule has 0 aromatic carbocycles. The van der Waals surface area contributed by atoms with Crippen LogP contribution >= 0.6 is 92.9 Å². The minimum absolute atomic E-state index is 0. The average Bonchev–Trinajstić information content (AvgIpc) is 2.40. The largest absolute Gasteiger partial charge is 0.349 e. The molecular weight excluding hydrogens is 571 g/mol. The number of amides is 2. The Kier molecular flexibility index (Phi) is 42.2. The van der Waals surface area contributed by atoms with Gasteiger partial charge < -0.3 is 16.4 Å². The predicted molar refractivity (Wildman–Crippen MR) is 149 cm³/mol. The van der Waals surface area contributed by atoms with Crippen molar-refractivity contribution in [2.45, 2.75) is 64.7 Å². The Labute approximate surface area is 227 Å². The van der Waals surface area contributed by atoms with Crippen molar-refractivity contribution >= 4 is 110 Å². The smallest absolute Gasteiger partial charge is 0.259 e. The van der Waals surface area contributed by atoms with E-state index in [1.54, 1.807) is 6.07 Å². The highest BCUT2D eigenvalue weighted by molar-refractivity contribution is 7.69. The van der Waals surface area contributed by atoms with Gasteiger partial charge in [-0.05, 0) is 41.5 Å². The van der Waals surface area contributed by atoms with Gasteiger partial charge in [-0.1, -0.05) is 18.5 Å². The van der Waals surface area contributed by atoms with Crippen molar-refractivity contribution in [3.05, 3.63) is 0 Å². The van der Waals surface area contributed by atoms with Crippen LogP contribution in [0.15, 0.2) is 4.99 Å². The Balaban J connectivity index is -0.0000000485. The molecule has 0 aliphatic rings. The normalized spacial score (nSPS) is 10.4. The lowest BCUT2D eigenvalue weighted by Crippen LogP contribution is -2.48. The van der Waals surface area contributed by atoms with Crippen LogP contribution in [0, 0.1) is 22.7 Å². The van der Waals surface area contributed by atoms with Crippen molar-refractivity contribution in [3.8, 4) is 12.1 Å². The van der Waals surface area contributed by atoms with E-state index in [-0.39, 0.29) is 91.4 Å². The molecule has 4 unspecified atom stereocenters. The number of carbonyl (C=O) groups excluding carboxylic acids is 2. The number of aliphatic imine (C=N–C) groups is 1. The minimum atomic E-state index is -1.06. The van der Waals surface area contributed by atoms with Gasteiger partial charge in [-0.2, -0.15) is 10.5 Å². The highest BCUT2D eigenvalue weighted by Crippen LogP contribution is 2.05. The van der Waals surface area contributed by atoms with Gasteiger partial charge in [0.25, 0.3) is 11.8 Å². The molecule has 0 heterocycles. The fourth-order valence-corrected chi connectivity index (χ4v) is 1.54. The quantitative estimate of drug-likeness (QED) is 0.335. The number of nitrogens with zero attached hydrogens (tertiary/aromatic N) is 3. The first kappa shape index (κ1) is 52.8. The third-order valence-corrected chi connectivity index (χ3v) is 2.36. The summed E-state index contributed by atoms with van der Waals surface area (Å²) in [6.45, 7) is 11.0. The van der Waals surface area contributed by atoms with Gasteiger partial charge in [0.2, 0.25) is 6.04 Å². The maximum Gasteiger partial charge on any atom is 0.259 e. The van der Waals surface area contributed by atoms with Crippen molar-refractivity contribution in [1.82, 2.24) is 10.6 Å². The van der Waals surface area contributed by atoms with Gasteiger partial charge >= 0.3 is 0 Å². The van der Waals surface area contributed by atoms with E-state index in [2.05, 4.69) is 34.1 Å². The van der Waals surface area contributed by atoms with E-state index >= 15 is 0 Å². The summed E-state index contributed by atoms with van der Waals surface area (Å²) in [4.78, 5) is 26.2. The van der Waals surface area contributed by atoms with Crippen LogP contribution in [0.5, 0.6) is 0 Å². The number of carbonyl (C=O) groups is 2. The molecule has 0 bridgehead atoms. The van der Waals surface area contributed by atoms with Crippen molar-refractivity contribution in [2.75, 3.05) is 0 Å². The summed E-state index contributed by atoms with van der Waals surface area (Å²) in [6.07, 6.45) is 0. The van der Waals surface area contributed by atoms with E-state index in [4.69, 9.17) is 16.3 Å². The molecule has 2 amide bonds. The Hall–Kier alpha value is 0.150. The lowest BCUT2D eigenvalue weighted by atomic mass is 10.1.